The van der Waals surface area contributed by atoms with E-state index in [2.05, 4.69) is 0 Å². The maximum atomic E-state index is 15.4. The number of ether oxygens (including phenoxy) is 1. The van der Waals surface area contributed by atoms with E-state index in [-0.39, 0.29) is 6.42 Å². The maximum absolute atomic E-state index is 15.4. The molecule has 2 atom stereocenters. The van der Waals surface area contributed by atoms with Crippen molar-refractivity contribution in [3.8, 4) is 0 Å². The molecule has 1 aliphatic rings. The lowest BCUT2D eigenvalue weighted by Gasteiger charge is -2.19. The van der Waals surface area contributed by atoms with Crippen LogP contribution in [0, 0.1) is 0 Å². The Morgan fingerprint density at radius 1 is 1.00 bits per heavy atom. The van der Waals surface area contributed by atoms with Gasteiger partial charge in [-0.05, 0) is 11.1 Å². The van der Waals surface area contributed by atoms with E-state index < -0.39 is 17.1 Å². The smallest absolute Gasteiger partial charge is 0.320 e. The van der Waals surface area contributed by atoms with Gasteiger partial charge in [-0.2, -0.15) is 0 Å². The number of carbonyl (C=O) groups is 1. The lowest BCUT2D eigenvalue weighted by Crippen LogP contribution is -2.29. The van der Waals surface area contributed by atoms with E-state index in [9.17, 15) is 4.79 Å². The number of halogens is 1. The summed E-state index contributed by atoms with van der Waals surface area (Å²) in [6.07, 6.45) is 0.126. The monoisotopic (exact) mass is 270 g/mol. The summed E-state index contributed by atoms with van der Waals surface area (Å²) in [4.78, 5) is 12.2. The molecule has 102 valence electrons. The number of benzene rings is 2. The van der Waals surface area contributed by atoms with Crippen molar-refractivity contribution in [1.29, 1.82) is 0 Å². The molecule has 0 saturated heterocycles. The molecular weight excluding hydrogens is 255 g/mol. The standard InChI is InChI=1S/C17H15FO2/c1-20-15(19)16(13-8-4-2-5-9-13)12-17(16,18)14-10-6-3-7-11-14/h2-11H,12H2,1H3. The highest BCUT2D eigenvalue weighted by atomic mass is 19.1. The van der Waals surface area contributed by atoms with Crippen molar-refractivity contribution >= 4 is 5.97 Å². The Hall–Kier alpha value is -2.16. The van der Waals surface area contributed by atoms with E-state index in [1.165, 1.54) is 7.11 Å². The van der Waals surface area contributed by atoms with Gasteiger partial charge in [-0.3, -0.25) is 4.79 Å². The van der Waals surface area contributed by atoms with Crippen LogP contribution in [0.5, 0.6) is 0 Å². The topological polar surface area (TPSA) is 26.3 Å². The van der Waals surface area contributed by atoms with E-state index in [0.717, 1.165) is 0 Å². The van der Waals surface area contributed by atoms with Crippen LogP contribution in [0.15, 0.2) is 60.7 Å². The van der Waals surface area contributed by atoms with Gasteiger partial charge in [-0.1, -0.05) is 60.7 Å². The zero-order valence-corrected chi connectivity index (χ0v) is 11.2. The van der Waals surface area contributed by atoms with Crippen molar-refractivity contribution in [2.45, 2.75) is 17.5 Å². The van der Waals surface area contributed by atoms with Crippen LogP contribution in [-0.2, 0) is 20.6 Å². The minimum atomic E-state index is -1.69. The molecule has 0 spiro atoms. The second-order valence-electron chi connectivity index (χ2n) is 5.11. The van der Waals surface area contributed by atoms with Gasteiger partial charge in [0.2, 0.25) is 0 Å². The summed E-state index contributed by atoms with van der Waals surface area (Å²) in [5.74, 6) is -0.518. The average molecular weight is 270 g/mol. The van der Waals surface area contributed by atoms with Gasteiger partial charge in [0.05, 0.1) is 7.11 Å². The number of methoxy groups -OCH3 is 1. The Morgan fingerprint density at radius 2 is 1.50 bits per heavy atom. The first kappa shape index (κ1) is 12.9. The van der Waals surface area contributed by atoms with Crippen molar-refractivity contribution in [2.24, 2.45) is 0 Å². The zero-order valence-electron chi connectivity index (χ0n) is 11.2. The fourth-order valence-corrected chi connectivity index (χ4v) is 2.95. The van der Waals surface area contributed by atoms with Crippen LogP contribution in [-0.4, -0.2) is 13.1 Å². The van der Waals surface area contributed by atoms with E-state index in [4.69, 9.17) is 4.74 Å². The van der Waals surface area contributed by atoms with Gasteiger partial charge in [0.15, 0.2) is 5.67 Å². The zero-order chi connectivity index (χ0) is 14.2. The fraction of sp³-hybridized carbons (Fsp3) is 0.235. The van der Waals surface area contributed by atoms with E-state index in [1.54, 1.807) is 36.4 Å². The second-order valence-corrected chi connectivity index (χ2v) is 5.11. The summed E-state index contributed by atoms with van der Waals surface area (Å²) >= 11 is 0. The second kappa shape index (κ2) is 4.44. The lowest BCUT2D eigenvalue weighted by molar-refractivity contribution is -0.145. The number of esters is 1. The Balaban J connectivity index is 2.11. The van der Waals surface area contributed by atoms with Gasteiger partial charge in [-0.25, -0.2) is 4.39 Å². The van der Waals surface area contributed by atoms with Crippen LogP contribution < -0.4 is 0 Å². The Kier molecular flexibility index (Phi) is 2.85. The normalized spacial score (nSPS) is 27.9. The Labute approximate surface area is 117 Å². The molecule has 0 amide bonds. The molecule has 0 heterocycles. The van der Waals surface area contributed by atoms with Crippen molar-refractivity contribution in [3.63, 3.8) is 0 Å². The minimum Gasteiger partial charge on any atom is -0.468 e. The molecule has 1 fully saturated rings. The molecule has 3 rings (SSSR count). The highest BCUT2D eigenvalue weighted by molar-refractivity contribution is 5.90. The van der Waals surface area contributed by atoms with Crippen molar-refractivity contribution in [2.75, 3.05) is 7.11 Å². The highest BCUT2D eigenvalue weighted by Gasteiger charge is 2.76. The predicted octanol–water partition coefficient (Wildman–Crippen LogP) is 3.37. The number of hydrogen-bond donors (Lipinski definition) is 0. The Morgan fingerprint density at radius 3 is 2.00 bits per heavy atom. The number of hydrogen-bond acceptors (Lipinski definition) is 2. The first-order chi connectivity index (χ1) is 9.65. The summed E-state index contributed by atoms with van der Waals surface area (Å²) in [5.41, 5.74) is -1.72. The van der Waals surface area contributed by atoms with Gasteiger partial charge in [0.25, 0.3) is 0 Å². The molecule has 3 heteroatoms. The molecule has 2 unspecified atom stereocenters. The summed E-state index contributed by atoms with van der Waals surface area (Å²) in [7, 11) is 1.30. The largest absolute Gasteiger partial charge is 0.468 e. The number of carbonyl (C=O) groups excluding carboxylic acids is 1. The molecule has 2 aromatic rings. The van der Waals surface area contributed by atoms with Gasteiger partial charge in [0, 0.05) is 6.42 Å². The molecule has 1 aliphatic carbocycles. The molecule has 20 heavy (non-hydrogen) atoms. The molecule has 1 saturated carbocycles. The molecule has 2 aromatic carbocycles. The summed E-state index contributed by atoms with van der Waals surface area (Å²) in [6, 6.07) is 17.8. The molecule has 0 bridgehead atoms. The summed E-state index contributed by atoms with van der Waals surface area (Å²) < 4.78 is 20.2. The summed E-state index contributed by atoms with van der Waals surface area (Å²) in [6.45, 7) is 0. The van der Waals surface area contributed by atoms with Crippen molar-refractivity contribution < 1.29 is 13.9 Å². The molecule has 0 aliphatic heterocycles. The SMILES string of the molecule is COC(=O)C1(c2ccccc2)CC1(F)c1ccccc1. The van der Waals surface area contributed by atoms with Gasteiger partial charge >= 0.3 is 5.97 Å². The predicted molar refractivity (Wildman–Crippen MR) is 74.0 cm³/mol. The Bertz CT molecular complexity index is 626. The summed E-state index contributed by atoms with van der Waals surface area (Å²) in [5, 5.41) is 0. The van der Waals surface area contributed by atoms with E-state index >= 15 is 4.39 Å². The molecule has 0 aromatic heterocycles. The highest BCUT2D eigenvalue weighted by Crippen LogP contribution is 2.67. The number of rotatable bonds is 3. The minimum absolute atomic E-state index is 0.126. The molecule has 0 N–H and O–H groups in total. The first-order valence-corrected chi connectivity index (χ1v) is 6.53. The van der Waals surface area contributed by atoms with Crippen LogP contribution in [0.3, 0.4) is 0 Å². The first-order valence-electron chi connectivity index (χ1n) is 6.53. The quantitative estimate of drug-likeness (QED) is 0.799. The fourth-order valence-electron chi connectivity index (χ4n) is 2.95. The lowest BCUT2D eigenvalue weighted by atomic mass is 9.89. The van der Waals surface area contributed by atoms with E-state index in [1.807, 2.05) is 24.3 Å². The number of alkyl halides is 1. The maximum Gasteiger partial charge on any atom is 0.320 e. The van der Waals surface area contributed by atoms with Crippen molar-refractivity contribution in [3.05, 3.63) is 71.8 Å². The third-order valence-corrected chi connectivity index (χ3v) is 4.09. The molecule has 2 nitrogen and oxygen atoms in total. The third-order valence-electron chi connectivity index (χ3n) is 4.09. The van der Waals surface area contributed by atoms with Crippen LogP contribution >= 0.6 is 0 Å². The van der Waals surface area contributed by atoms with Gasteiger partial charge in [0.1, 0.15) is 5.41 Å². The van der Waals surface area contributed by atoms with Crippen molar-refractivity contribution in [1.82, 2.24) is 0 Å². The van der Waals surface area contributed by atoms with Gasteiger partial charge in [-0.15, -0.1) is 0 Å². The van der Waals surface area contributed by atoms with E-state index in [0.29, 0.717) is 11.1 Å². The average Bonchev–Trinajstić information content (AvgIpc) is 3.17. The van der Waals surface area contributed by atoms with Gasteiger partial charge < -0.3 is 4.74 Å². The van der Waals surface area contributed by atoms with Crippen LogP contribution in [0.4, 0.5) is 4.39 Å². The molecular formula is C17H15FO2. The van der Waals surface area contributed by atoms with Crippen LogP contribution in [0.1, 0.15) is 17.5 Å². The molecule has 0 radical (unpaired) electrons. The van der Waals surface area contributed by atoms with Crippen LogP contribution in [0.2, 0.25) is 0 Å². The third kappa shape index (κ3) is 1.59. The van der Waals surface area contributed by atoms with Crippen LogP contribution in [0.25, 0.3) is 0 Å².